The molecule has 0 bridgehead atoms. The molecule has 0 aliphatic heterocycles. The molecule has 0 aromatic heterocycles. The van der Waals surface area contributed by atoms with Crippen molar-refractivity contribution in [1.82, 2.24) is 11.2 Å². The van der Waals surface area contributed by atoms with Crippen LogP contribution in [0.1, 0.15) is 6.42 Å². The topological polar surface area (TPSA) is 129 Å². The van der Waals surface area contributed by atoms with E-state index >= 15 is 0 Å². The van der Waals surface area contributed by atoms with E-state index in [0.29, 0.717) is 0 Å². The van der Waals surface area contributed by atoms with Crippen LogP contribution in [0.3, 0.4) is 0 Å². The Morgan fingerprint density at radius 2 is 1.45 bits per heavy atom. The van der Waals surface area contributed by atoms with Crippen LogP contribution in [0.2, 0.25) is 0 Å². The van der Waals surface area contributed by atoms with Crippen molar-refractivity contribution in [3.63, 3.8) is 0 Å². The van der Waals surface area contributed by atoms with Crippen molar-refractivity contribution in [1.29, 1.82) is 0 Å². The Hall–Kier alpha value is -1.22. The molecule has 0 fully saturated rings. The highest BCUT2D eigenvalue weighted by Crippen LogP contribution is 1.84. The quantitative estimate of drug-likeness (QED) is 0.199. The Kier molecular flexibility index (Phi) is 4.94. The van der Waals surface area contributed by atoms with Gasteiger partial charge >= 0.3 is 11.9 Å². The van der Waals surface area contributed by atoms with Gasteiger partial charge in [-0.15, -0.1) is 0 Å². The summed E-state index contributed by atoms with van der Waals surface area (Å²) in [4.78, 5) is 28.7. The van der Waals surface area contributed by atoms with E-state index in [0.717, 1.165) is 0 Å². The van der Waals surface area contributed by atoms with E-state index in [9.17, 15) is 9.59 Å². The molecule has 0 heterocycles. The van der Waals surface area contributed by atoms with Gasteiger partial charge in [0.15, 0.2) is 0 Å². The lowest BCUT2D eigenvalue weighted by atomic mass is 10.5. The lowest BCUT2D eigenvalue weighted by Crippen LogP contribution is -2.31. The van der Waals surface area contributed by atoms with Crippen molar-refractivity contribution in [3.8, 4) is 0 Å². The number of nitrogens with one attached hydrogen (secondary N) is 2. The molecule has 0 atom stereocenters. The summed E-state index contributed by atoms with van der Waals surface area (Å²) in [7, 11) is 0. The Balaban J connectivity index is 3.49. The van der Waals surface area contributed by atoms with Crippen molar-refractivity contribution in [3.05, 3.63) is 0 Å². The second-order valence-corrected chi connectivity index (χ2v) is 1.36. The first-order valence-corrected chi connectivity index (χ1v) is 2.51. The molecular formula is C3H8N4O4. The first-order valence-electron chi connectivity index (χ1n) is 2.51. The van der Waals surface area contributed by atoms with Crippen LogP contribution < -0.4 is 22.9 Å². The molecule has 0 rings (SSSR count). The zero-order chi connectivity index (χ0) is 8.69. The SMILES string of the molecule is NNOC(=O)CC(=O)ONN. The molecule has 8 nitrogen and oxygen atoms in total. The van der Waals surface area contributed by atoms with E-state index < -0.39 is 18.4 Å². The molecule has 0 aliphatic rings. The van der Waals surface area contributed by atoms with E-state index in [1.54, 1.807) is 11.2 Å². The lowest BCUT2D eigenvalue weighted by Gasteiger charge is -2.00. The van der Waals surface area contributed by atoms with E-state index in [2.05, 4.69) is 21.4 Å². The molecule has 0 spiro atoms. The van der Waals surface area contributed by atoms with E-state index in [-0.39, 0.29) is 0 Å². The van der Waals surface area contributed by atoms with Gasteiger partial charge in [-0.25, -0.2) is 21.3 Å². The Morgan fingerprint density at radius 3 is 1.73 bits per heavy atom. The minimum atomic E-state index is -0.868. The van der Waals surface area contributed by atoms with Gasteiger partial charge in [0.25, 0.3) is 0 Å². The minimum absolute atomic E-state index is 0.575. The predicted octanol–water partition coefficient (Wildman–Crippen LogP) is -2.78. The summed E-state index contributed by atoms with van der Waals surface area (Å²) < 4.78 is 0. The number of hydrazine groups is 2. The fraction of sp³-hybridized carbons (Fsp3) is 0.333. The van der Waals surface area contributed by atoms with Crippen LogP contribution >= 0.6 is 0 Å². The molecule has 11 heavy (non-hydrogen) atoms. The average Bonchev–Trinajstić information content (AvgIpc) is 1.87. The summed E-state index contributed by atoms with van der Waals surface area (Å²) in [6.07, 6.45) is -0.575. The fourth-order valence-corrected chi connectivity index (χ4v) is 0.321. The van der Waals surface area contributed by atoms with Crippen molar-refractivity contribution >= 4 is 11.9 Å². The average molecular weight is 164 g/mol. The summed E-state index contributed by atoms with van der Waals surface area (Å²) in [5.41, 5.74) is 3.21. The number of nitrogens with two attached hydrogens (primary N) is 2. The fourth-order valence-electron chi connectivity index (χ4n) is 0.321. The first kappa shape index (κ1) is 9.78. The predicted molar refractivity (Wildman–Crippen MR) is 31.4 cm³/mol. The highest BCUT2D eigenvalue weighted by Gasteiger charge is 2.11. The molecule has 0 radical (unpaired) electrons. The normalized spacial score (nSPS) is 8.91. The summed E-state index contributed by atoms with van der Waals surface area (Å²) in [5.74, 6) is 7.45. The van der Waals surface area contributed by atoms with Crippen LogP contribution in [0.4, 0.5) is 0 Å². The molecule has 8 heteroatoms. The lowest BCUT2D eigenvalue weighted by molar-refractivity contribution is -0.162. The number of carbonyl (C=O) groups excluding carboxylic acids is 2. The highest BCUT2D eigenvalue weighted by molar-refractivity contribution is 5.90. The third-order valence-electron chi connectivity index (χ3n) is 0.634. The zero-order valence-electron chi connectivity index (χ0n) is 5.49. The van der Waals surface area contributed by atoms with Crippen molar-refractivity contribution in [2.24, 2.45) is 11.7 Å². The molecule has 0 aromatic carbocycles. The van der Waals surface area contributed by atoms with Crippen LogP contribution in [0, 0.1) is 0 Å². The smallest absolute Gasteiger partial charge is 0.337 e. The maximum absolute atomic E-state index is 10.4. The molecule has 0 aliphatic carbocycles. The highest BCUT2D eigenvalue weighted by atomic mass is 16.7. The number of carbonyl (C=O) groups is 2. The van der Waals surface area contributed by atoms with Gasteiger partial charge in [0, 0.05) is 0 Å². The zero-order valence-corrected chi connectivity index (χ0v) is 5.49. The molecule has 64 valence electrons. The number of hydrogen-bond donors (Lipinski definition) is 4. The molecular weight excluding hydrogens is 156 g/mol. The molecule has 0 aromatic rings. The standard InChI is InChI=1S/C3H8N4O4/c4-6-10-2(8)1-3(9)11-7-5/h6-7H,1,4-5H2. The maximum Gasteiger partial charge on any atom is 0.337 e. The van der Waals surface area contributed by atoms with Crippen molar-refractivity contribution < 1.29 is 19.3 Å². The summed E-state index contributed by atoms with van der Waals surface area (Å²) >= 11 is 0. The van der Waals surface area contributed by atoms with Gasteiger partial charge in [0.2, 0.25) is 0 Å². The number of hydrogen-bond acceptors (Lipinski definition) is 8. The van der Waals surface area contributed by atoms with Gasteiger partial charge in [-0.2, -0.15) is 0 Å². The third-order valence-corrected chi connectivity index (χ3v) is 0.634. The van der Waals surface area contributed by atoms with Crippen LogP contribution in [0.25, 0.3) is 0 Å². The van der Waals surface area contributed by atoms with E-state index in [1.165, 1.54) is 0 Å². The van der Waals surface area contributed by atoms with Gasteiger partial charge in [-0.3, -0.25) is 0 Å². The first-order chi connectivity index (χ1) is 5.20. The minimum Gasteiger partial charge on any atom is -0.355 e. The Labute approximate surface area is 61.6 Å². The third kappa shape index (κ3) is 5.24. The van der Waals surface area contributed by atoms with Crippen LogP contribution in [-0.4, -0.2) is 11.9 Å². The van der Waals surface area contributed by atoms with Crippen molar-refractivity contribution in [2.45, 2.75) is 6.42 Å². The molecule has 0 saturated heterocycles. The van der Waals surface area contributed by atoms with Gasteiger partial charge in [-0.05, 0) is 0 Å². The molecule has 0 amide bonds. The number of rotatable bonds is 4. The van der Waals surface area contributed by atoms with Crippen LogP contribution in [0.5, 0.6) is 0 Å². The van der Waals surface area contributed by atoms with Gasteiger partial charge in [-0.1, -0.05) is 11.2 Å². The Morgan fingerprint density at radius 1 is 1.09 bits per heavy atom. The summed E-state index contributed by atoms with van der Waals surface area (Å²) in [6.45, 7) is 0. The van der Waals surface area contributed by atoms with Crippen LogP contribution in [0.15, 0.2) is 0 Å². The van der Waals surface area contributed by atoms with Gasteiger partial charge in [0.05, 0.1) is 0 Å². The monoisotopic (exact) mass is 164 g/mol. The maximum atomic E-state index is 10.4. The largest absolute Gasteiger partial charge is 0.355 e. The van der Waals surface area contributed by atoms with Crippen LogP contribution in [-0.2, 0) is 19.3 Å². The van der Waals surface area contributed by atoms with Crippen molar-refractivity contribution in [2.75, 3.05) is 0 Å². The summed E-state index contributed by atoms with van der Waals surface area (Å²) in [6, 6.07) is 0. The van der Waals surface area contributed by atoms with E-state index in [4.69, 9.17) is 0 Å². The van der Waals surface area contributed by atoms with Gasteiger partial charge in [0.1, 0.15) is 6.42 Å². The second-order valence-electron chi connectivity index (χ2n) is 1.36. The van der Waals surface area contributed by atoms with Gasteiger partial charge < -0.3 is 9.68 Å². The molecule has 0 unspecified atom stereocenters. The second kappa shape index (κ2) is 5.56. The Bertz CT molecular complexity index is 132. The summed E-state index contributed by atoms with van der Waals surface area (Å²) in [5, 5.41) is 0. The molecule has 6 N–H and O–H groups in total. The molecule has 0 saturated carbocycles. The van der Waals surface area contributed by atoms with E-state index in [1.807, 2.05) is 0 Å².